The van der Waals surface area contributed by atoms with E-state index in [-0.39, 0.29) is 99.0 Å². The largest absolute Gasteiger partial charge is 0.466 e. The lowest BCUT2D eigenvalue weighted by Crippen LogP contribution is -2.45. The first kappa shape index (κ1) is 35.6. The van der Waals surface area contributed by atoms with Crippen LogP contribution < -0.4 is 0 Å². The highest BCUT2D eigenvalue weighted by atomic mass is 16.6. The Hall–Kier alpha value is -5.22. The molecule has 0 fully saturated rings. The van der Waals surface area contributed by atoms with Crippen molar-refractivity contribution in [2.24, 2.45) is 0 Å². The summed E-state index contributed by atoms with van der Waals surface area (Å²) in [6, 6.07) is 5.74. The predicted molar refractivity (Wildman–Crippen MR) is 161 cm³/mol. The first-order valence-corrected chi connectivity index (χ1v) is 15.2. The van der Waals surface area contributed by atoms with Crippen LogP contribution in [0.4, 0.5) is 0 Å². The number of carbonyl (C=O) groups excluding carboxylic acids is 8. The summed E-state index contributed by atoms with van der Waals surface area (Å²) in [7, 11) is 0. The first-order chi connectivity index (χ1) is 23.1. The molecule has 16 nitrogen and oxygen atoms in total. The van der Waals surface area contributed by atoms with E-state index in [2.05, 4.69) is 9.47 Å². The van der Waals surface area contributed by atoms with Crippen LogP contribution in [0.5, 0.6) is 0 Å². The quantitative estimate of drug-likeness (QED) is 0.0717. The zero-order valence-corrected chi connectivity index (χ0v) is 26.4. The molecule has 0 atom stereocenters. The number of hydrogen-bond acceptors (Lipinski definition) is 14. The Balaban J connectivity index is 1.31. The fourth-order valence-corrected chi connectivity index (χ4v) is 5.09. The van der Waals surface area contributed by atoms with Crippen molar-refractivity contribution in [2.45, 2.75) is 26.7 Å². The molecule has 16 heteroatoms. The van der Waals surface area contributed by atoms with Crippen molar-refractivity contribution in [3.63, 3.8) is 0 Å². The summed E-state index contributed by atoms with van der Waals surface area (Å²) >= 11 is 0. The minimum atomic E-state index is -0.770. The zero-order valence-electron chi connectivity index (χ0n) is 26.4. The Kier molecular flexibility index (Phi) is 12.3. The van der Waals surface area contributed by atoms with Gasteiger partial charge in [-0.15, -0.1) is 0 Å². The van der Waals surface area contributed by atoms with E-state index in [9.17, 15) is 38.4 Å². The second-order valence-electron chi connectivity index (χ2n) is 10.2. The van der Waals surface area contributed by atoms with Crippen LogP contribution in [-0.2, 0) is 47.6 Å². The minimum absolute atomic E-state index is 0.0417. The maximum absolute atomic E-state index is 13.4. The topological polar surface area (TPSA) is 198 Å². The summed E-state index contributed by atoms with van der Waals surface area (Å²) < 4.78 is 29.9. The van der Waals surface area contributed by atoms with Gasteiger partial charge in [-0.05, 0) is 38.1 Å². The van der Waals surface area contributed by atoms with Gasteiger partial charge in [0, 0.05) is 33.0 Å². The van der Waals surface area contributed by atoms with Gasteiger partial charge in [-0.1, -0.05) is 0 Å². The van der Waals surface area contributed by atoms with Gasteiger partial charge in [0.25, 0.3) is 23.6 Å². The molecule has 48 heavy (non-hydrogen) atoms. The normalized spacial score (nSPS) is 13.5. The third-order valence-electron chi connectivity index (χ3n) is 7.15. The Bertz CT molecular complexity index is 1440. The average molecular weight is 671 g/mol. The smallest absolute Gasteiger partial charge is 0.317 e. The van der Waals surface area contributed by atoms with E-state index >= 15 is 0 Å². The Morgan fingerprint density at radius 3 is 1.10 bits per heavy atom. The standard InChI is InChI=1S/C32H34N2O14/c1-3-45-23(35)17-25(37)47-15-13-43-11-9-33-29(39)19-5-7-21-28-22(8-6-20(27(19)28)30(33)40)32(42)34(31(21)41)10-12-44-14-16-48-26(38)18-24(36)46-4-2/h5-8H,3-4,9-18H2,1-2H3. The highest BCUT2D eigenvalue weighted by molar-refractivity contribution is 6.33. The molecule has 0 bridgehead atoms. The number of carbonyl (C=O) groups is 8. The maximum atomic E-state index is 13.4. The second-order valence-corrected chi connectivity index (χ2v) is 10.2. The molecule has 0 saturated heterocycles. The molecule has 0 saturated carbocycles. The molecular weight excluding hydrogens is 636 g/mol. The van der Waals surface area contributed by atoms with Gasteiger partial charge in [0.15, 0.2) is 0 Å². The molecule has 0 radical (unpaired) electrons. The van der Waals surface area contributed by atoms with Crippen LogP contribution in [0.15, 0.2) is 24.3 Å². The first-order valence-electron chi connectivity index (χ1n) is 15.2. The molecule has 0 spiro atoms. The van der Waals surface area contributed by atoms with Gasteiger partial charge in [0.2, 0.25) is 0 Å². The molecule has 0 unspecified atom stereocenters. The van der Waals surface area contributed by atoms with Gasteiger partial charge in [-0.2, -0.15) is 0 Å². The molecule has 4 amide bonds. The van der Waals surface area contributed by atoms with Crippen LogP contribution in [0, 0.1) is 0 Å². The highest BCUT2D eigenvalue weighted by Gasteiger charge is 2.39. The van der Waals surface area contributed by atoms with Crippen LogP contribution in [-0.4, -0.2) is 123 Å². The van der Waals surface area contributed by atoms with Crippen LogP contribution >= 0.6 is 0 Å². The second kappa shape index (κ2) is 16.6. The molecule has 2 aliphatic heterocycles. The molecular formula is C32H34N2O14. The minimum Gasteiger partial charge on any atom is -0.466 e. The summed E-state index contributed by atoms with van der Waals surface area (Å²) in [6.45, 7) is 2.77. The van der Waals surface area contributed by atoms with Crippen molar-refractivity contribution in [3.05, 3.63) is 46.5 Å². The number of amides is 4. The van der Waals surface area contributed by atoms with Gasteiger partial charge in [0.05, 0.1) is 52.7 Å². The van der Waals surface area contributed by atoms with E-state index in [0.29, 0.717) is 0 Å². The lowest BCUT2D eigenvalue weighted by atomic mass is 9.86. The van der Waals surface area contributed by atoms with Gasteiger partial charge in [-0.3, -0.25) is 48.2 Å². The molecule has 2 aliphatic rings. The molecule has 2 aromatic rings. The SMILES string of the molecule is CCOC(=O)CC(=O)OCCOCCN1C(=O)c2ccc3c4c(ccc(c24)C1=O)C(=O)N(CCOCCOC(=O)CC(=O)OCC)C3=O. The van der Waals surface area contributed by atoms with Gasteiger partial charge in [0.1, 0.15) is 26.1 Å². The highest BCUT2D eigenvalue weighted by Crippen LogP contribution is 2.37. The number of esters is 4. The number of ether oxygens (including phenoxy) is 6. The third-order valence-corrected chi connectivity index (χ3v) is 7.15. The van der Waals surface area contributed by atoms with Gasteiger partial charge in [-0.25, -0.2) is 0 Å². The van der Waals surface area contributed by atoms with Gasteiger partial charge >= 0.3 is 23.9 Å². The van der Waals surface area contributed by atoms with E-state index in [1.165, 1.54) is 24.3 Å². The number of hydrogen-bond donors (Lipinski definition) is 0. The summed E-state index contributed by atoms with van der Waals surface area (Å²) in [5.74, 6) is -5.45. The average Bonchev–Trinajstić information content (AvgIpc) is 3.04. The van der Waals surface area contributed by atoms with Gasteiger partial charge < -0.3 is 28.4 Å². The summed E-state index contributed by atoms with van der Waals surface area (Å²) in [6.07, 6.45) is -1.05. The number of imide groups is 2. The lowest BCUT2D eigenvalue weighted by molar-refractivity contribution is -0.156. The number of rotatable bonds is 18. The zero-order chi connectivity index (χ0) is 34.8. The Morgan fingerprint density at radius 2 is 0.792 bits per heavy atom. The molecule has 0 N–H and O–H groups in total. The van der Waals surface area contributed by atoms with Crippen molar-refractivity contribution in [1.82, 2.24) is 9.80 Å². The van der Waals surface area contributed by atoms with Crippen molar-refractivity contribution in [1.29, 1.82) is 0 Å². The Morgan fingerprint density at radius 1 is 0.479 bits per heavy atom. The van der Waals surface area contributed by atoms with E-state index in [1.54, 1.807) is 13.8 Å². The van der Waals surface area contributed by atoms with Crippen LogP contribution in [0.3, 0.4) is 0 Å². The molecule has 0 aliphatic carbocycles. The van der Waals surface area contributed by atoms with Crippen molar-refractivity contribution >= 4 is 58.3 Å². The van der Waals surface area contributed by atoms with Crippen LogP contribution in [0.25, 0.3) is 10.8 Å². The maximum Gasteiger partial charge on any atom is 0.317 e. The van der Waals surface area contributed by atoms with E-state index in [4.69, 9.17) is 18.9 Å². The molecule has 256 valence electrons. The summed E-state index contributed by atoms with van der Waals surface area (Å²) in [5.41, 5.74) is 0.585. The van der Waals surface area contributed by atoms with Crippen molar-refractivity contribution in [2.75, 3.05) is 65.9 Å². The number of nitrogens with zero attached hydrogens (tertiary/aromatic N) is 2. The molecule has 2 aromatic carbocycles. The van der Waals surface area contributed by atoms with Crippen molar-refractivity contribution < 1.29 is 66.8 Å². The summed E-state index contributed by atoms with van der Waals surface area (Å²) in [5, 5.41) is 0.431. The summed E-state index contributed by atoms with van der Waals surface area (Å²) in [4.78, 5) is 101. The predicted octanol–water partition coefficient (Wildman–Crippen LogP) is 1.06. The van der Waals surface area contributed by atoms with Crippen molar-refractivity contribution in [3.8, 4) is 0 Å². The fraction of sp³-hybridized carbons (Fsp3) is 0.438. The van der Waals surface area contributed by atoms with E-state index < -0.39 is 60.3 Å². The Labute approximate surface area is 274 Å². The molecule has 4 rings (SSSR count). The third kappa shape index (κ3) is 8.19. The molecule has 2 heterocycles. The monoisotopic (exact) mass is 670 g/mol. The van der Waals surface area contributed by atoms with E-state index in [0.717, 1.165) is 9.80 Å². The van der Waals surface area contributed by atoms with Crippen LogP contribution in [0.2, 0.25) is 0 Å². The van der Waals surface area contributed by atoms with E-state index in [1.807, 2.05) is 0 Å². The lowest BCUT2D eigenvalue weighted by Gasteiger charge is -2.31. The fourth-order valence-electron chi connectivity index (χ4n) is 5.09. The van der Waals surface area contributed by atoms with Crippen LogP contribution in [0.1, 0.15) is 68.1 Å². The number of benzene rings is 2. The molecule has 0 aromatic heterocycles.